The summed E-state index contributed by atoms with van der Waals surface area (Å²) in [5.74, 6) is 0. The fourth-order valence-corrected chi connectivity index (χ4v) is 2.50. The minimum absolute atomic E-state index is 0.294. The van der Waals surface area contributed by atoms with Crippen molar-refractivity contribution in [2.24, 2.45) is 5.41 Å². The fraction of sp³-hybridized carbons (Fsp3) is 0.857. The zero-order valence-corrected chi connectivity index (χ0v) is 11.0. The lowest BCUT2D eigenvalue weighted by Gasteiger charge is -2.37. The van der Waals surface area contributed by atoms with E-state index in [2.05, 4.69) is 26.8 Å². The molecule has 0 aromatic rings. The van der Waals surface area contributed by atoms with E-state index in [0.717, 1.165) is 19.4 Å². The third kappa shape index (κ3) is 4.67. The van der Waals surface area contributed by atoms with Crippen LogP contribution in [0, 0.1) is 5.41 Å². The molecule has 1 fully saturated rings. The number of aliphatic hydroxyl groups excluding tert-OH is 1. The SMILES string of the molecule is CC(C)=CCO[C@@H]1CCCC(C)(CCO)C1. The van der Waals surface area contributed by atoms with Gasteiger partial charge in [-0.15, -0.1) is 0 Å². The van der Waals surface area contributed by atoms with Crippen LogP contribution in [0.1, 0.15) is 52.9 Å². The lowest BCUT2D eigenvalue weighted by atomic mass is 9.72. The van der Waals surface area contributed by atoms with E-state index in [0.29, 0.717) is 18.1 Å². The van der Waals surface area contributed by atoms with Crippen LogP contribution in [0.2, 0.25) is 0 Å². The van der Waals surface area contributed by atoms with Gasteiger partial charge in [-0.3, -0.25) is 0 Å². The van der Waals surface area contributed by atoms with Crippen LogP contribution in [0.5, 0.6) is 0 Å². The van der Waals surface area contributed by atoms with E-state index in [1.165, 1.54) is 24.8 Å². The van der Waals surface area contributed by atoms with Crippen molar-refractivity contribution in [1.82, 2.24) is 0 Å². The van der Waals surface area contributed by atoms with Crippen LogP contribution in [0.4, 0.5) is 0 Å². The topological polar surface area (TPSA) is 29.5 Å². The number of hydrogen-bond donors (Lipinski definition) is 1. The first-order valence-corrected chi connectivity index (χ1v) is 6.41. The minimum atomic E-state index is 0.294. The van der Waals surface area contributed by atoms with Gasteiger partial charge in [0.25, 0.3) is 0 Å². The van der Waals surface area contributed by atoms with Gasteiger partial charge in [0.2, 0.25) is 0 Å². The molecule has 0 spiro atoms. The number of ether oxygens (including phenoxy) is 1. The van der Waals surface area contributed by atoms with Gasteiger partial charge in [0.15, 0.2) is 0 Å². The Morgan fingerprint density at radius 2 is 2.25 bits per heavy atom. The molecule has 0 aromatic heterocycles. The molecule has 0 aliphatic heterocycles. The number of hydrogen-bond acceptors (Lipinski definition) is 2. The maximum Gasteiger partial charge on any atom is 0.0653 e. The van der Waals surface area contributed by atoms with Crippen LogP contribution < -0.4 is 0 Å². The summed E-state index contributed by atoms with van der Waals surface area (Å²) >= 11 is 0. The Balaban J connectivity index is 2.35. The highest BCUT2D eigenvalue weighted by atomic mass is 16.5. The Bertz CT molecular complexity index is 227. The molecule has 16 heavy (non-hydrogen) atoms. The zero-order chi connectivity index (χ0) is 12.0. The van der Waals surface area contributed by atoms with Gasteiger partial charge in [0.05, 0.1) is 12.7 Å². The molecule has 2 atom stereocenters. The zero-order valence-electron chi connectivity index (χ0n) is 11.0. The Kier molecular flexibility index (Phi) is 5.50. The maximum atomic E-state index is 9.07. The first-order valence-electron chi connectivity index (χ1n) is 6.41. The first-order chi connectivity index (χ1) is 7.56. The fourth-order valence-electron chi connectivity index (χ4n) is 2.50. The summed E-state index contributed by atoms with van der Waals surface area (Å²) < 4.78 is 5.88. The van der Waals surface area contributed by atoms with E-state index in [9.17, 15) is 0 Å². The van der Waals surface area contributed by atoms with E-state index in [1.54, 1.807) is 0 Å². The van der Waals surface area contributed by atoms with Crippen molar-refractivity contribution in [3.63, 3.8) is 0 Å². The molecule has 1 aliphatic rings. The van der Waals surface area contributed by atoms with Gasteiger partial charge >= 0.3 is 0 Å². The molecule has 1 aliphatic carbocycles. The van der Waals surface area contributed by atoms with E-state index in [-0.39, 0.29) is 0 Å². The Morgan fingerprint density at radius 1 is 1.50 bits per heavy atom. The van der Waals surface area contributed by atoms with Crippen molar-refractivity contribution in [3.8, 4) is 0 Å². The van der Waals surface area contributed by atoms with Crippen molar-refractivity contribution in [3.05, 3.63) is 11.6 Å². The summed E-state index contributed by atoms with van der Waals surface area (Å²) in [7, 11) is 0. The van der Waals surface area contributed by atoms with Crippen molar-refractivity contribution in [1.29, 1.82) is 0 Å². The molecule has 1 N–H and O–H groups in total. The molecule has 0 heterocycles. The maximum absolute atomic E-state index is 9.07. The molecular weight excluding hydrogens is 200 g/mol. The third-order valence-electron chi connectivity index (χ3n) is 3.57. The van der Waals surface area contributed by atoms with Gasteiger partial charge in [-0.2, -0.15) is 0 Å². The largest absolute Gasteiger partial charge is 0.396 e. The van der Waals surface area contributed by atoms with Crippen molar-refractivity contribution >= 4 is 0 Å². The highest BCUT2D eigenvalue weighted by Crippen LogP contribution is 2.39. The second-order valence-corrected chi connectivity index (χ2v) is 5.62. The molecule has 0 bridgehead atoms. The van der Waals surface area contributed by atoms with Crippen molar-refractivity contribution < 1.29 is 9.84 Å². The quantitative estimate of drug-likeness (QED) is 0.729. The van der Waals surface area contributed by atoms with Crippen molar-refractivity contribution in [2.75, 3.05) is 13.2 Å². The highest BCUT2D eigenvalue weighted by molar-refractivity contribution is 4.93. The summed E-state index contributed by atoms with van der Waals surface area (Å²) in [6.45, 7) is 7.51. The van der Waals surface area contributed by atoms with Crippen LogP contribution in [0.3, 0.4) is 0 Å². The van der Waals surface area contributed by atoms with Gasteiger partial charge in [-0.25, -0.2) is 0 Å². The Labute approximate surface area is 99.7 Å². The Morgan fingerprint density at radius 3 is 2.88 bits per heavy atom. The third-order valence-corrected chi connectivity index (χ3v) is 3.57. The molecule has 1 saturated carbocycles. The molecule has 0 amide bonds. The minimum Gasteiger partial charge on any atom is -0.396 e. The molecule has 0 radical (unpaired) electrons. The standard InChI is InChI=1S/C14H26O2/c1-12(2)6-10-16-13-5-4-7-14(3,11-13)8-9-15/h6,13,15H,4-5,7-11H2,1-3H3/t13-,14?/m1/s1. The summed E-state index contributed by atoms with van der Waals surface area (Å²) in [6, 6.07) is 0. The molecule has 0 aromatic carbocycles. The van der Waals surface area contributed by atoms with Gasteiger partial charge in [-0.05, 0) is 44.9 Å². The summed E-state index contributed by atoms with van der Waals surface area (Å²) in [5, 5.41) is 9.07. The predicted molar refractivity (Wildman–Crippen MR) is 67.4 cm³/mol. The monoisotopic (exact) mass is 226 g/mol. The molecule has 2 heteroatoms. The van der Waals surface area contributed by atoms with Gasteiger partial charge in [0, 0.05) is 6.61 Å². The van der Waals surface area contributed by atoms with Gasteiger partial charge in [-0.1, -0.05) is 25.0 Å². The van der Waals surface area contributed by atoms with Crippen LogP contribution in [-0.4, -0.2) is 24.4 Å². The number of rotatable bonds is 5. The van der Waals surface area contributed by atoms with Crippen LogP contribution in [0.25, 0.3) is 0 Å². The summed E-state index contributed by atoms with van der Waals surface area (Å²) in [6.07, 6.45) is 8.18. The second kappa shape index (κ2) is 6.41. The van der Waals surface area contributed by atoms with Crippen LogP contribution in [-0.2, 0) is 4.74 Å². The molecule has 1 unspecified atom stereocenters. The average Bonchev–Trinajstić information content (AvgIpc) is 2.17. The van der Waals surface area contributed by atoms with E-state index < -0.39 is 0 Å². The summed E-state index contributed by atoms with van der Waals surface area (Å²) in [4.78, 5) is 0. The highest BCUT2D eigenvalue weighted by Gasteiger charge is 2.31. The Hall–Kier alpha value is -0.340. The van der Waals surface area contributed by atoms with Gasteiger partial charge in [0.1, 0.15) is 0 Å². The average molecular weight is 226 g/mol. The van der Waals surface area contributed by atoms with Gasteiger partial charge < -0.3 is 9.84 Å². The van der Waals surface area contributed by atoms with E-state index in [1.807, 2.05) is 0 Å². The van der Waals surface area contributed by atoms with Crippen LogP contribution in [0.15, 0.2) is 11.6 Å². The smallest absolute Gasteiger partial charge is 0.0653 e. The lowest BCUT2D eigenvalue weighted by molar-refractivity contribution is -0.00586. The summed E-state index contributed by atoms with van der Waals surface area (Å²) in [5.41, 5.74) is 1.61. The number of allylic oxidation sites excluding steroid dienone is 1. The lowest BCUT2D eigenvalue weighted by Crippen LogP contribution is -2.31. The molecular formula is C14H26O2. The predicted octanol–water partition coefficient (Wildman–Crippen LogP) is 3.30. The van der Waals surface area contributed by atoms with E-state index >= 15 is 0 Å². The second-order valence-electron chi connectivity index (χ2n) is 5.62. The first kappa shape index (κ1) is 13.7. The van der Waals surface area contributed by atoms with Crippen molar-refractivity contribution in [2.45, 2.75) is 59.0 Å². The molecule has 94 valence electrons. The van der Waals surface area contributed by atoms with E-state index in [4.69, 9.17) is 9.84 Å². The molecule has 0 saturated heterocycles. The molecule has 1 rings (SSSR count). The normalized spacial score (nSPS) is 30.1. The molecule has 2 nitrogen and oxygen atoms in total. The number of aliphatic hydroxyl groups is 1. The van der Waals surface area contributed by atoms with Crippen LogP contribution >= 0.6 is 0 Å².